The fourth-order valence-corrected chi connectivity index (χ4v) is 4.84. The highest BCUT2D eigenvalue weighted by Gasteiger charge is 2.25. The molecular formula is C27H36ClFN6O3Si. The van der Waals surface area contributed by atoms with Crippen LogP contribution in [0, 0.1) is 17.1 Å². The van der Waals surface area contributed by atoms with Crippen LogP contribution in [0.2, 0.25) is 30.7 Å². The Morgan fingerprint density at radius 3 is 2.69 bits per heavy atom. The van der Waals surface area contributed by atoms with Gasteiger partial charge in [-0.15, -0.1) is 0 Å². The Morgan fingerprint density at radius 2 is 2.08 bits per heavy atom. The number of aliphatic hydroxyl groups is 1. The molecule has 0 saturated heterocycles. The van der Waals surface area contributed by atoms with Crippen LogP contribution in [-0.4, -0.2) is 51.6 Å². The highest BCUT2D eigenvalue weighted by Crippen LogP contribution is 2.27. The summed E-state index contributed by atoms with van der Waals surface area (Å²) in [6.07, 6.45) is 3.52. The first-order valence-electron chi connectivity index (χ1n) is 12.8. The van der Waals surface area contributed by atoms with E-state index in [1.165, 1.54) is 12.1 Å². The van der Waals surface area contributed by atoms with Gasteiger partial charge in [-0.25, -0.2) is 9.37 Å². The van der Waals surface area contributed by atoms with E-state index in [9.17, 15) is 14.3 Å². The lowest BCUT2D eigenvalue weighted by molar-refractivity contribution is -0.120. The van der Waals surface area contributed by atoms with Crippen LogP contribution in [0.1, 0.15) is 43.9 Å². The molecule has 0 aliphatic carbocycles. The van der Waals surface area contributed by atoms with E-state index in [-0.39, 0.29) is 35.7 Å². The van der Waals surface area contributed by atoms with Crippen molar-refractivity contribution in [2.45, 2.75) is 71.3 Å². The average Bonchev–Trinajstić information content (AvgIpc) is 3.47. The highest BCUT2D eigenvalue weighted by molar-refractivity contribution is 6.76. The zero-order valence-corrected chi connectivity index (χ0v) is 25.0. The van der Waals surface area contributed by atoms with Gasteiger partial charge in [0.05, 0.1) is 28.9 Å². The van der Waals surface area contributed by atoms with Crippen molar-refractivity contribution in [3.63, 3.8) is 0 Å². The zero-order valence-electron chi connectivity index (χ0n) is 23.3. The third-order valence-electron chi connectivity index (χ3n) is 6.05. The number of nitrogens with zero attached hydrogens (tertiary/aromatic N) is 5. The molecule has 1 aromatic carbocycles. The molecule has 3 aromatic rings. The number of nitriles is 1. The monoisotopic (exact) mass is 574 g/mol. The van der Waals surface area contributed by atoms with Gasteiger partial charge in [0, 0.05) is 39.2 Å². The average molecular weight is 575 g/mol. The second kappa shape index (κ2) is 12.4. The Hall–Kier alpha value is -3.04. The van der Waals surface area contributed by atoms with Gasteiger partial charge in [0.2, 0.25) is 5.91 Å². The predicted molar refractivity (Wildman–Crippen MR) is 150 cm³/mol. The molecule has 0 spiro atoms. The second-order valence-electron chi connectivity index (χ2n) is 11.4. The summed E-state index contributed by atoms with van der Waals surface area (Å²) < 4.78 is 23.4. The molecule has 2 heterocycles. The van der Waals surface area contributed by atoms with Crippen molar-refractivity contribution in [2.75, 3.05) is 13.2 Å². The Morgan fingerprint density at radius 1 is 1.36 bits per heavy atom. The fourth-order valence-electron chi connectivity index (χ4n) is 3.83. The Balaban J connectivity index is 1.59. The number of hydrogen-bond acceptors (Lipinski definition) is 6. The molecule has 210 valence electrons. The first-order chi connectivity index (χ1) is 18.2. The highest BCUT2D eigenvalue weighted by atomic mass is 35.5. The number of carbonyl (C=O) groups is 1. The maximum atomic E-state index is 14.1. The molecule has 0 unspecified atom stereocenters. The topological polar surface area (TPSA) is 118 Å². The van der Waals surface area contributed by atoms with E-state index in [1.807, 2.05) is 6.92 Å². The first kappa shape index (κ1) is 30.5. The normalized spacial score (nSPS) is 12.8. The van der Waals surface area contributed by atoms with E-state index < -0.39 is 19.5 Å². The Labute approximate surface area is 234 Å². The summed E-state index contributed by atoms with van der Waals surface area (Å²) in [7, 11) is -1.22. The van der Waals surface area contributed by atoms with E-state index in [1.54, 1.807) is 47.6 Å². The summed E-state index contributed by atoms with van der Waals surface area (Å²) in [5.41, 5.74) is 0.0900. The van der Waals surface area contributed by atoms with Crippen LogP contribution in [0.4, 0.5) is 4.39 Å². The number of amides is 1. The van der Waals surface area contributed by atoms with Crippen LogP contribution in [-0.2, 0) is 28.3 Å². The van der Waals surface area contributed by atoms with Crippen LogP contribution >= 0.6 is 11.6 Å². The molecule has 3 rings (SSSR count). The SMILES string of the molecule is C[C@H](CNC(=O)Cc1cn(COCC[Si](C)(C)C)c(C(C)(C)O)n1)n1ccc(-c2cc(F)c(C#N)c(Cl)c2)n1. The number of imidazole rings is 1. The molecule has 0 fully saturated rings. The van der Waals surface area contributed by atoms with E-state index >= 15 is 0 Å². The zero-order chi connectivity index (χ0) is 29.0. The molecule has 9 nitrogen and oxygen atoms in total. The van der Waals surface area contributed by atoms with Crippen molar-refractivity contribution >= 4 is 25.6 Å². The van der Waals surface area contributed by atoms with Gasteiger partial charge in [0.1, 0.15) is 35.6 Å². The van der Waals surface area contributed by atoms with Crippen LogP contribution in [0.25, 0.3) is 11.3 Å². The number of nitrogens with one attached hydrogen (secondary N) is 1. The van der Waals surface area contributed by atoms with Crippen LogP contribution in [0.3, 0.4) is 0 Å². The number of benzene rings is 1. The lowest BCUT2D eigenvalue weighted by atomic mass is 10.1. The van der Waals surface area contributed by atoms with Crippen LogP contribution in [0.5, 0.6) is 0 Å². The van der Waals surface area contributed by atoms with Crippen molar-refractivity contribution in [2.24, 2.45) is 0 Å². The molecule has 0 radical (unpaired) electrons. The summed E-state index contributed by atoms with van der Waals surface area (Å²) in [6.45, 7) is 13.2. The maximum Gasteiger partial charge on any atom is 0.226 e. The number of rotatable bonds is 12. The molecule has 0 aliphatic heterocycles. The first-order valence-corrected chi connectivity index (χ1v) is 16.8. The maximum absolute atomic E-state index is 14.1. The third-order valence-corrected chi connectivity index (χ3v) is 8.05. The van der Waals surface area contributed by atoms with Gasteiger partial charge >= 0.3 is 0 Å². The van der Waals surface area contributed by atoms with E-state index in [2.05, 4.69) is 35.0 Å². The standard InChI is InChI=1S/C27H36ClFN6O3Si/c1-18(35-8-7-24(33-35)19-11-22(28)21(14-30)23(29)12-19)15-31-25(36)13-20-16-34(26(32-20)27(2,3)37)17-38-9-10-39(4,5)6/h7-8,11-12,16,18,37H,9-10,13,15,17H2,1-6H3,(H,31,36)/t18-/m1/s1. The minimum Gasteiger partial charge on any atom is -0.383 e. The summed E-state index contributed by atoms with van der Waals surface area (Å²) in [4.78, 5) is 17.2. The number of carbonyl (C=O) groups excluding carboxylic acids is 1. The van der Waals surface area contributed by atoms with Crippen molar-refractivity contribution in [3.05, 3.63) is 58.5 Å². The van der Waals surface area contributed by atoms with Gasteiger partial charge in [-0.05, 0) is 45.0 Å². The van der Waals surface area contributed by atoms with Gasteiger partial charge in [-0.1, -0.05) is 31.2 Å². The lowest BCUT2D eigenvalue weighted by Gasteiger charge is -2.19. The van der Waals surface area contributed by atoms with Gasteiger partial charge in [-0.2, -0.15) is 10.4 Å². The predicted octanol–water partition coefficient (Wildman–Crippen LogP) is 4.87. The molecule has 39 heavy (non-hydrogen) atoms. The molecule has 0 saturated carbocycles. The number of halogens is 2. The van der Waals surface area contributed by atoms with Crippen molar-refractivity contribution < 1.29 is 19.0 Å². The van der Waals surface area contributed by atoms with Crippen molar-refractivity contribution in [1.82, 2.24) is 24.6 Å². The van der Waals surface area contributed by atoms with Crippen molar-refractivity contribution in [1.29, 1.82) is 5.26 Å². The molecular weight excluding hydrogens is 539 g/mol. The molecule has 2 aromatic heterocycles. The Bertz CT molecular complexity index is 1330. The smallest absolute Gasteiger partial charge is 0.226 e. The lowest BCUT2D eigenvalue weighted by Crippen LogP contribution is -2.31. The summed E-state index contributed by atoms with van der Waals surface area (Å²) in [5, 5.41) is 27.0. The second-order valence-corrected chi connectivity index (χ2v) is 17.4. The minimum atomic E-state index is -1.22. The van der Waals surface area contributed by atoms with Gasteiger partial charge in [0.25, 0.3) is 0 Å². The number of ether oxygens (including phenoxy) is 1. The van der Waals surface area contributed by atoms with Gasteiger partial charge in [-0.3, -0.25) is 9.48 Å². The van der Waals surface area contributed by atoms with Crippen LogP contribution in [0.15, 0.2) is 30.6 Å². The Kier molecular flexibility index (Phi) is 9.72. The van der Waals surface area contributed by atoms with Gasteiger partial charge < -0.3 is 19.7 Å². The van der Waals surface area contributed by atoms with E-state index in [0.717, 1.165) is 6.04 Å². The summed E-state index contributed by atoms with van der Waals surface area (Å²) in [6, 6.07) is 7.02. The summed E-state index contributed by atoms with van der Waals surface area (Å²) in [5.74, 6) is -0.486. The van der Waals surface area contributed by atoms with Crippen molar-refractivity contribution in [3.8, 4) is 17.3 Å². The molecule has 2 N–H and O–H groups in total. The quantitative estimate of drug-likeness (QED) is 0.235. The van der Waals surface area contributed by atoms with Gasteiger partial charge in [0.15, 0.2) is 0 Å². The molecule has 0 aliphatic rings. The number of aromatic nitrogens is 4. The molecule has 0 bridgehead atoms. The molecule has 12 heteroatoms. The molecule has 1 atom stereocenters. The third kappa shape index (κ3) is 8.47. The largest absolute Gasteiger partial charge is 0.383 e. The van der Waals surface area contributed by atoms with Crippen LogP contribution < -0.4 is 5.32 Å². The fraction of sp³-hybridized carbons (Fsp3) is 0.481. The minimum absolute atomic E-state index is 0.0238. The van der Waals surface area contributed by atoms with E-state index in [4.69, 9.17) is 21.6 Å². The molecule has 1 amide bonds. The summed E-state index contributed by atoms with van der Waals surface area (Å²) >= 11 is 6.02. The number of hydrogen-bond donors (Lipinski definition) is 2. The van der Waals surface area contributed by atoms with E-state index in [0.29, 0.717) is 35.9 Å².